The fourth-order valence-electron chi connectivity index (χ4n) is 2.68. The van der Waals surface area contributed by atoms with Crippen LogP contribution >= 0.6 is 15.9 Å². The molecule has 0 amide bonds. The minimum atomic E-state index is -0.459. The van der Waals surface area contributed by atoms with Gasteiger partial charge < -0.3 is 5.32 Å². The van der Waals surface area contributed by atoms with E-state index >= 15 is 0 Å². The van der Waals surface area contributed by atoms with Crippen molar-refractivity contribution in [1.82, 2.24) is 5.32 Å². The summed E-state index contributed by atoms with van der Waals surface area (Å²) in [5.41, 5.74) is 0.0905. The van der Waals surface area contributed by atoms with E-state index in [0.29, 0.717) is 16.9 Å². The topological polar surface area (TPSA) is 12.0 Å². The van der Waals surface area contributed by atoms with Crippen LogP contribution in [0.3, 0.4) is 0 Å². The first-order chi connectivity index (χ1) is 9.45. The number of hydrogen-bond donors (Lipinski definition) is 1. The average molecular weight is 346 g/mol. The fraction of sp³-hybridized carbons (Fsp3) is 0.625. The molecule has 20 heavy (non-hydrogen) atoms. The van der Waals surface area contributed by atoms with Gasteiger partial charge in [-0.1, -0.05) is 20.3 Å². The van der Waals surface area contributed by atoms with Crippen molar-refractivity contribution in [2.45, 2.75) is 52.0 Å². The van der Waals surface area contributed by atoms with Crippen LogP contribution < -0.4 is 5.32 Å². The second kappa shape index (κ2) is 6.52. The van der Waals surface area contributed by atoms with Crippen LogP contribution in [-0.4, -0.2) is 12.6 Å². The minimum Gasteiger partial charge on any atom is -0.313 e. The smallest absolute Gasteiger partial charge is 0.143 e. The van der Waals surface area contributed by atoms with Gasteiger partial charge in [0.2, 0.25) is 0 Å². The quantitative estimate of drug-likeness (QED) is 0.698. The van der Waals surface area contributed by atoms with Gasteiger partial charge in [-0.3, -0.25) is 0 Å². The Morgan fingerprint density at radius 2 is 2.05 bits per heavy atom. The molecule has 4 heteroatoms. The second-order valence-corrected chi connectivity index (χ2v) is 7.07. The molecule has 1 saturated carbocycles. The summed E-state index contributed by atoms with van der Waals surface area (Å²) in [5, 5.41) is 3.50. The molecule has 1 fully saturated rings. The highest BCUT2D eigenvalue weighted by atomic mass is 79.9. The summed E-state index contributed by atoms with van der Waals surface area (Å²) in [4.78, 5) is 0. The minimum absolute atomic E-state index is 0.111. The van der Waals surface area contributed by atoms with Gasteiger partial charge in [0.05, 0.1) is 4.47 Å². The zero-order valence-electron chi connectivity index (χ0n) is 12.1. The third-order valence-electron chi connectivity index (χ3n) is 3.99. The molecule has 1 nitrogen and oxygen atoms in total. The predicted molar refractivity (Wildman–Crippen MR) is 81.8 cm³/mol. The van der Waals surface area contributed by atoms with Gasteiger partial charge in [0.15, 0.2) is 0 Å². The van der Waals surface area contributed by atoms with Gasteiger partial charge in [0.25, 0.3) is 0 Å². The van der Waals surface area contributed by atoms with E-state index in [1.54, 1.807) is 0 Å². The maximum Gasteiger partial charge on any atom is 0.143 e. The highest BCUT2D eigenvalue weighted by Crippen LogP contribution is 2.33. The Hall–Kier alpha value is -0.480. The van der Waals surface area contributed by atoms with Crippen molar-refractivity contribution in [3.8, 4) is 0 Å². The lowest BCUT2D eigenvalue weighted by Crippen LogP contribution is -2.35. The van der Waals surface area contributed by atoms with E-state index in [9.17, 15) is 8.78 Å². The standard InChI is InChI=1S/C16H22BrF2N/c1-3-8-16(2,10-20-11-4-5-11)9-12-14(18)7-6-13(17)15(12)19/h6-7,11,20H,3-5,8-10H2,1-2H3. The van der Waals surface area contributed by atoms with E-state index in [1.165, 1.54) is 25.0 Å². The molecule has 0 aliphatic heterocycles. The van der Waals surface area contributed by atoms with Crippen molar-refractivity contribution >= 4 is 15.9 Å². The molecule has 1 aromatic carbocycles. The van der Waals surface area contributed by atoms with Crippen LogP contribution in [0.2, 0.25) is 0 Å². The Morgan fingerprint density at radius 1 is 1.35 bits per heavy atom. The first kappa shape index (κ1) is 15.9. The first-order valence-electron chi connectivity index (χ1n) is 7.31. The molecule has 2 rings (SSSR count). The molecular formula is C16H22BrF2N. The largest absolute Gasteiger partial charge is 0.313 e. The molecule has 0 radical (unpaired) electrons. The number of nitrogens with one attached hydrogen (secondary N) is 1. The molecule has 112 valence electrons. The molecule has 1 aromatic rings. The number of halogens is 3. The van der Waals surface area contributed by atoms with Gasteiger partial charge in [-0.15, -0.1) is 0 Å². The van der Waals surface area contributed by atoms with Crippen LogP contribution in [0.15, 0.2) is 16.6 Å². The third-order valence-corrected chi connectivity index (χ3v) is 4.60. The van der Waals surface area contributed by atoms with Crippen molar-refractivity contribution < 1.29 is 8.78 Å². The molecule has 0 saturated heterocycles. The van der Waals surface area contributed by atoms with E-state index in [0.717, 1.165) is 19.4 Å². The first-order valence-corrected chi connectivity index (χ1v) is 8.10. The number of hydrogen-bond acceptors (Lipinski definition) is 1. The van der Waals surface area contributed by atoms with Crippen LogP contribution in [0, 0.1) is 17.0 Å². The lowest BCUT2D eigenvalue weighted by atomic mass is 9.79. The summed E-state index contributed by atoms with van der Waals surface area (Å²) in [6.45, 7) is 5.05. The molecule has 1 atom stereocenters. The van der Waals surface area contributed by atoms with Crippen molar-refractivity contribution in [2.24, 2.45) is 5.41 Å². The highest BCUT2D eigenvalue weighted by molar-refractivity contribution is 9.10. The van der Waals surface area contributed by atoms with Gasteiger partial charge in [-0.25, -0.2) is 8.78 Å². The zero-order chi connectivity index (χ0) is 14.8. The summed E-state index contributed by atoms with van der Waals surface area (Å²) in [6, 6.07) is 3.38. The summed E-state index contributed by atoms with van der Waals surface area (Å²) >= 11 is 3.14. The van der Waals surface area contributed by atoms with Gasteiger partial charge in [0.1, 0.15) is 11.6 Å². The van der Waals surface area contributed by atoms with Gasteiger partial charge in [-0.05, 0) is 59.2 Å². The van der Waals surface area contributed by atoms with E-state index in [-0.39, 0.29) is 11.0 Å². The van der Waals surface area contributed by atoms with Crippen LogP contribution in [0.5, 0.6) is 0 Å². The summed E-state index contributed by atoms with van der Waals surface area (Å²) < 4.78 is 28.4. The van der Waals surface area contributed by atoms with Crippen LogP contribution in [0.1, 0.15) is 45.1 Å². The number of rotatable bonds is 7. The summed E-state index contributed by atoms with van der Waals surface area (Å²) in [6.07, 6.45) is 4.85. The molecule has 1 unspecified atom stereocenters. The molecule has 0 bridgehead atoms. The van der Waals surface area contributed by atoms with Gasteiger partial charge in [-0.2, -0.15) is 0 Å². The Morgan fingerprint density at radius 3 is 2.65 bits per heavy atom. The van der Waals surface area contributed by atoms with Gasteiger partial charge >= 0.3 is 0 Å². The lowest BCUT2D eigenvalue weighted by Gasteiger charge is -2.30. The van der Waals surface area contributed by atoms with Crippen LogP contribution in [0.25, 0.3) is 0 Å². The lowest BCUT2D eigenvalue weighted by molar-refractivity contribution is 0.267. The van der Waals surface area contributed by atoms with Crippen LogP contribution in [0.4, 0.5) is 8.78 Å². The maximum atomic E-state index is 14.1. The molecular weight excluding hydrogens is 324 g/mol. The fourth-order valence-corrected chi connectivity index (χ4v) is 3.05. The Bertz CT molecular complexity index is 474. The monoisotopic (exact) mass is 345 g/mol. The maximum absolute atomic E-state index is 14.1. The summed E-state index contributed by atoms with van der Waals surface area (Å²) in [7, 11) is 0. The molecule has 0 aromatic heterocycles. The molecule has 1 N–H and O–H groups in total. The average Bonchev–Trinajstić information content (AvgIpc) is 3.22. The van der Waals surface area contributed by atoms with Gasteiger partial charge in [0, 0.05) is 18.2 Å². The second-order valence-electron chi connectivity index (χ2n) is 6.21. The van der Waals surface area contributed by atoms with E-state index in [2.05, 4.69) is 35.1 Å². The van der Waals surface area contributed by atoms with Crippen LogP contribution in [-0.2, 0) is 6.42 Å². The Labute approximate surface area is 128 Å². The zero-order valence-corrected chi connectivity index (χ0v) is 13.7. The third kappa shape index (κ3) is 4.01. The van der Waals surface area contributed by atoms with Crippen molar-refractivity contribution in [3.63, 3.8) is 0 Å². The molecule has 1 aliphatic carbocycles. The number of benzene rings is 1. The molecule has 0 heterocycles. The Balaban J connectivity index is 2.15. The Kier molecular flexibility index (Phi) is 5.19. The molecule has 0 spiro atoms. The predicted octanol–water partition coefficient (Wildman–Crippen LogP) is 4.83. The van der Waals surface area contributed by atoms with E-state index in [1.807, 2.05) is 0 Å². The van der Waals surface area contributed by atoms with Crippen molar-refractivity contribution in [2.75, 3.05) is 6.54 Å². The SMILES string of the molecule is CCCC(C)(CNC1CC1)Cc1c(F)ccc(Br)c1F. The van der Waals surface area contributed by atoms with E-state index < -0.39 is 11.6 Å². The normalized spacial score (nSPS) is 18.1. The highest BCUT2D eigenvalue weighted by Gasteiger charge is 2.30. The van der Waals surface area contributed by atoms with E-state index in [4.69, 9.17) is 0 Å². The summed E-state index contributed by atoms with van der Waals surface area (Å²) in [5.74, 6) is -0.904. The van der Waals surface area contributed by atoms with Crippen molar-refractivity contribution in [1.29, 1.82) is 0 Å². The van der Waals surface area contributed by atoms with Crippen molar-refractivity contribution in [3.05, 3.63) is 33.8 Å². The molecule has 1 aliphatic rings.